The smallest absolute Gasteiger partial charge is 0.257 e. The average molecular weight is 450 g/mol. The van der Waals surface area contributed by atoms with Crippen molar-refractivity contribution in [1.82, 2.24) is 10.6 Å². The Balaban J connectivity index is 2.05. The SMILES string of the molecule is CCCOc1ccc(C(=O)NC(=S)Nc2ccccc2C(=O)NC)cc1Br. The molecule has 0 spiro atoms. The van der Waals surface area contributed by atoms with Gasteiger partial charge in [0.1, 0.15) is 5.75 Å². The number of anilines is 1. The maximum Gasteiger partial charge on any atom is 0.257 e. The van der Waals surface area contributed by atoms with Crippen molar-refractivity contribution in [3.63, 3.8) is 0 Å². The minimum atomic E-state index is -0.368. The second-order valence-corrected chi connectivity index (χ2v) is 6.79. The lowest BCUT2D eigenvalue weighted by Crippen LogP contribution is -2.34. The number of ether oxygens (including phenoxy) is 1. The highest BCUT2D eigenvalue weighted by atomic mass is 79.9. The van der Waals surface area contributed by atoms with Gasteiger partial charge in [0.2, 0.25) is 0 Å². The first kappa shape index (κ1) is 20.9. The van der Waals surface area contributed by atoms with E-state index >= 15 is 0 Å². The minimum absolute atomic E-state index is 0.0961. The van der Waals surface area contributed by atoms with Crippen LogP contribution in [0.4, 0.5) is 5.69 Å². The topological polar surface area (TPSA) is 79.5 Å². The quantitative estimate of drug-likeness (QED) is 0.585. The monoisotopic (exact) mass is 449 g/mol. The van der Waals surface area contributed by atoms with E-state index in [2.05, 4.69) is 31.9 Å². The summed E-state index contributed by atoms with van der Waals surface area (Å²) >= 11 is 8.60. The molecule has 2 aromatic rings. The molecule has 0 heterocycles. The molecule has 2 amide bonds. The van der Waals surface area contributed by atoms with Gasteiger partial charge in [-0.2, -0.15) is 0 Å². The summed E-state index contributed by atoms with van der Waals surface area (Å²) in [4.78, 5) is 24.3. The standard InChI is InChI=1S/C19H20BrN3O3S/c1-3-10-26-16-9-8-12(11-14(16)20)17(24)23-19(27)22-15-7-5-4-6-13(15)18(25)21-2/h4-9,11H,3,10H2,1-2H3,(H,21,25)(H2,22,23,24,27). The number of benzene rings is 2. The van der Waals surface area contributed by atoms with Gasteiger partial charge in [0.25, 0.3) is 11.8 Å². The molecule has 2 rings (SSSR count). The molecule has 0 saturated heterocycles. The predicted molar refractivity (Wildman–Crippen MR) is 113 cm³/mol. The Labute approximate surface area is 171 Å². The van der Waals surface area contributed by atoms with Crippen LogP contribution in [0.1, 0.15) is 34.1 Å². The van der Waals surface area contributed by atoms with Crippen LogP contribution in [-0.2, 0) is 0 Å². The molecule has 0 unspecified atom stereocenters. The molecule has 8 heteroatoms. The summed E-state index contributed by atoms with van der Waals surface area (Å²) < 4.78 is 6.26. The highest BCUT2D eigenvalue weighted by Gasteiger charge is 2.13. The van der Waals surface area contributed by atoms with Crippen molar-refractivity contribution in [1.29, 1.82) is 0 Å². The highest BCUT2D eigenvalue weighted by Crippen LogP contribution is 2.26. The summed E-state index contributed by atoms with van der Waals surface area (Å²) in [6, 6.07) is 11.9. The fourth-order valence-electron chi connectivity index (χ4n) is 2.22. The molecule has 0 aliphatic rings. The summed E-state index contributed by atoms with van der Waals surface area (Å²) in [5.41, 5.74) is 1.36. The summed E-state index contributed by atoms with van der Waals surface area (Å²) in [7, 11) is 1.55. The molecule has 142 valence electrons. The van der Waals surface area contributed by atoms with Crippen molar-refractivity contribution in [2.45, 2.75) is 13.3 Å². The molecule has 0 aliphatic carbocycles. The van der Waals surface area contributed by atoms with Gasteiger partial charge in [0.05, 0.1) is 22.3 Å². The number of hydrogen-bond acceptors (Lipinski definition) is 4. The maximum absolute atomic E-state index is 12.4. The Morgan fingerprint density at radius 1 is 1.15 bits per heavy atom. The van der Waals surface area contributed by atoms with Crippen molar-refractivity contribution >= 4 is 50.8 Å². The van der Waals surface area contributed by atoms with Gasteiger partial charge in [-0.25, -0.2) is 0 Å². The van der Waals surface area contributed by atoms with Crippen LogP contribution >= 0.6 is 28.1 Å². The summed E-state index contributed by atoms with van der Waals surface area (Å²) in [6.45, 7) is 2.62. The van der Waals surface area contributed by atoms with Crippen LogP contribution in [0.15, 0.2) is 46.9 Å². The zero-order valence-corrected chi connectivity index (χ0v) is 17.4. The van der Waals surface area contributed by atoms with Gasteiger partial charge in [-0.1, -0.05) is 19.1 Å². The van der Waals surface area contributed by atoms with Crippen LogP contribution in [0.25, 0.3) is 0 Å². The number of amides is 2. The normalized spacial score (nSPS) is 10.0. The molecule has 27 heavy (non-hydrogen) atoms. The largest absolute Gasteiger partial charge is 0.492 e. The van der Waals surface area contributed by atoms with E-state index in [1.807, 2.05) is 6.92 Å². The second-order valence-electron chi connectivity index (χ2n) is 5.53. The van der Waals surface area contributed by atoms with Gasteiger partial charge in [0, 0.05) is 12.6 Å². The zero-order chi connectivity index (χ0) is 19.8. The van der Waals surface area contributed by atoms with E-state index in [0.29, 0.717) is 33.6 Å². The summed E-state index contributed by atoms with van der Waals surface area (Å²) in [5, 5.41) is 8.15. The summed E-state index contributed by atoms with van der Waals surface area (Å²) in [6.07, 6.45) is 0.895. The van der Waals surface area contributed by atoms with Crippen LogP contribution < -0.4 is 20.7 Å². The van der Waals surface area contributed by atoms with Gasteiger partial charge in [0.15, 0.2) is 5.11 Å². The molecule has 0 atom stereocenters. The molecule has 0 aliphatic heterocycles. The van der Waals surface area contributed by atoms with Crippen molar-refractivity contribution in [2.75, 3.05) is 19.0 Å². The van der Waals surface area contributed by atoms with Gasteiger partial charge in [-0.05, 0) is 64.9 Å². The molecular weight excluding hydrogens is 430 g/mol. The molecule has 0 saturated carbocycles. The number of thiocarbonyl (C=S) groups is 1. The first-order valence-corrected chi connectivity index (χ1v) is 9.52. The number of hydrogen-bond donors (Lipinski definition) is 3. The molecule has 0 fully saturated rings. The Hall–Kier alpha value is -2.45. The third-order valence-corrected chi connectivity index (χ3v) is 4.35. The van der Waals surface area contributed by atoms with Gasteiger partial charge in [-0.3, -0.25) is 14.9 Å². The summed E-state index contributed by atoms with van der Waals surface area (Å²) in [5.74, 6) is 0.0556. The fraction of sp³-hybridized carbons (Fsp3) is 0.211. The number of halogens is 1. The number of rotatable bonds is 6. The van der Waals surface area contributed by atoms with Crippen molar-refractivity contribution < 1.29 is 14.3 Å². The van der Waals surface area contributed by atoms with Crippen molar-refractivity contribution in [3.8, 4) is 5.75 Å². The average Bonchev–Trinajstić information content (AvgIpc) is 2.66. The second kappa shape index (κ2) is 10.0. The molecular formula is C19H20BrN3O3S. The molecule has 0 bridgehead atoms. The van der Waals surface area contributed by atoms with E-state index in [1.165, 1.54) is 0 Å². The third-order valence-electron chi connectivity index (χ3n) is 3.53. The van der Waals surface area contributed by atoms with Crippen LogP contribution in [0.5, 0.6) is 5.75 Å². The van der Waals surface area contributed by atoms with Crippen LogP contribution in [0.2, 0.25) is 0 Å². The number of para-hydroxylation sites is 1. The molecule has 0 aromatic heterocycles. The first-order chi connectivity index (χ1) is 13.0. The molecule has 0 radical (unpaired) electrons. The van der Waals surface area contributed by atoms with E-state index in [0.717, 1.165) is 6.42 Å². The van der Waals surface area contributed by atoms with Crippen molar-refractivity contribution in [3.05, 3.63) is 58.1 Å². The Morgan fingerprint density at radius 2 is 1.89 bits per heavy atom. The van der Waals surface area contributed by atoms with Gasteiger partial charge >= 0.3 is 0 Å². The van der Waals surface area contributed by atoms with Crippen LogP contribution in [0, 0.1) is 0 Å². The lowest BCUT2D eigenvalue weighted by atomic mass is 10.1. The molecule has 3 N–H and O–H groups in total. The van der Waals surface area contributed by atoms with Gasteiger partial charge < -0.3 is 15.4 Å². The van der Waals surface area contributed by atoms with Crippen LogP contribution in [-0.4, -0.2) is 30.6 Å². The number of carbonyl (C=O) groups is 2. The Morgan fingerprint density at radius 3 is 2.56 bits per heavy atom. The minimum Gasteiger partial charge on any atom is -0.492 e. The zero-order valence-electron chi connectivity index (χ0n) is 15.0. The lowest BCUT2D eigenvalue weighted by molar-refractivity contribution is 0.0961. The third kappa shape index (κ3) is 5.77. The highest BCUT2D eigenvalue weighted by molar-refractivity contribution is 9.10. The first-order valence-electron chi connectivity index (χ1n) is 8.32. The molecule has 2 aromatic carbocycles. The van der Waals surface area contributed by atoms with Gasteiger partial charge in [-0.15, -0.1) is 0 Å². The number of nitrogens with one attached hydrogen (secondary N) is 3. The Bertz CT molecular complexity index is 858. The fourth-order valence-corrected chi connectivity index (χ4v) is 2.92. The number of carbonyl (C=O) groups excluding carboxylic acids is 2. The Kier molecular flexibility index (Phi) is 7.75. The van der Waals surface area contributed by atoms with E-state index in [-0.39, 0.29) is 16.9 Å². The van der Waals surface area contributed by atoms with E-state index < -0.39 is 0 Å². The predicted octanol–water partition coefficient (Wildman–Crippen LogP) is 3.72. The van der Waals surface area contributed by atoms with Crippen molar-refractivity contribution in [2.24, 2.45) is 0 Å². The van der Waals surface area contributed by atoms with Crippen LogP contribution in [0.3, 0.4) is 0 Å². The maximum atomic E-state index is 12.4. The van der Waals surface area contributed by atoms with E-state index in [1.54, 1.807) is 49.5 Å². The molecule has 6 nitrogen and oxygen atoms in total. The van der Waals surface area contributed by atoms with E-state index in [4.69, 9.17) is 17.0 Å². The van der Waals surface area contributed by atoms with E-state index in [9.17, 15) is 9.59 Å². The lowest BCUT2D eigenvalue weighted by Gasteiger charge is -2.13.